The topological polar surface area (TPSA) is 84.6 Å². The summed E-state index contributed by atoms with van der Waals surface area (Å²) in [6, 6.07) is 9.94. The lowest BCUT2D eigenvalue weighted by atomic mass is 10.1. The molecule has 0 saturated heterocycles. The predicted molar refractivity (Wildman–Crippen MR) is 78.2 cm³/mol. The third-order valence-electron chi connectivity index (χ3n) is 2.99. The first kappa shape index (κ1) is 13.7. The van der Waals surface area contributed by atoms with Crippen molar-refractivity contribution in [2.75, 3.05) is 18.2 Å². The van der Waals surface area contributed by atoms with Crippen molar-refractivity contribution in [1.29, 1.82) is 0 Å². The van der Waals surface area contributed by atoms with E-state index in [0.717, 1.165) is 5.56 Å². The number of hydrogen-bond donors (Lipinski definition) is 3. The number of phenolic OH excluding ortho intramolecular Hbond substituents is 1. The van der Waals surface area contributed by atoms with Gasteiger partial charge in [-0.15, -0.1) is 0 Å². The monoisotopic (exact) mass is 272 g/mol. The first-order valence-electron chi connectivity index (χ1n) is 6.06. The summed E-state index contributed by atoms with van der Waals surface area (Å²) in [5.74, 6) is -0.337. The minimum Gasteiger partial charge on any atom is -0.504 e. The maximum absolute atomic E-state index is 12.1. The molecule has 0 aliphatic carbocycles. The van der Waals surface area contributed by atoms with Crippen LogP contribution in [0.3, 0.4) is 0 Å². The molecule has 0 heterocycles. The molecule has 5 heteroatoms. The van der Waals surface area contributed by atoms with Gasteiger partial charge in [-0.2, -0.15) is 0 Å². The summed E-state index contributed by atoms with van der Waals surface area (Å²) < 4.78 is 4.97. The van der Waals surface area contributed by atoms with Gasteiger partial charge in [0.2, 0.25) is 0 Å². The van der Waals surface area contributed by atoms with Gasteiger partial charge in [-0.1, -0.05) is 6.07 Å². The number of aromatic hydroxyl groups is 1. The number of nitrogens with one attached hydrogen (secondary N) is 1. The van der Waals surface area contributed by atoms with Crippen LogP contribution in [0.5, 0.6) is 11.5 Å². The van der Waals surface area contributed by atoms with E-state index in [1.165, 1.54) is 13.2 Å². The van der Waals surface area contributed by atoms with E-state index >= 15 is 0 Å². The van der Waals surface area contributed by atoms with Gasteiger partial charge in [-0.3, -0.25) is 4.79 Å². The molecule has 0 spiro atoms. The predicted octanol–water partition coefficient (Wildman–Crippen LogP) is 2.54. The number of methoxy groups -OCH3 is 1. The van der Waals surface area contributed by atoms with Crippen LogP contribution in [-0.4, -0.2) is 18.1 Å². The molecule has 0 radical (unpaired) electrons. The van der Waals surface area contributed by atoms with E-state index in [0.29, 0.717) is 11.4 Å². The molecule has 0 aromatic heterocycles. The standard InChI is InChI=1S/C15H16N2O3/c1-9-8-10(6-7-12(9)16)17-15(19)11-4-3-5-13(20-2)14(11)18/h3-8,18H,16H2,1-2H3,(H,17,19). The highest BCUT2D eigenvalue weighted by Gasteiger charge is 2.15. The quantitative estimate of drug-likeness (QED) is 0.750. The van der Waals surface area contributed by atoms with Crippen molar-refractivity contribution in [1.82, 2.24) is 0 Å². The van der Waals surface area contributed by atoms with E-state index in [4.69, 9.17) is 10.5 Å². The number of amides is 1. The van der Waals surface area contributed by atoms with Gasteiger partial charge >= 0.3 is 0 Å². The van der Waals surface area contributed by atoms with Gasteiger partial charge in [0, 0.05) is 11.4 Å². The molecule has 0 saturated carbocycles. The molecule has 0 aliphatic heterocycles. The molecule has 0 bridgehead atoms. The second kappa shape index (κ2) is 5.52. The Hall–Kier alpha value is -2.69. The molecule has 5 nitrogen and oxygen atoms in total. The smallest absolute Gasteiger partial charge is 0.259 e. The van der Waals surface area contributed by atoms with Crippen LogP contribution >= 0.6 is 0 Å². The SMILES string of the molecule is COc1cccc(C(=O)Nc2ccc(N)c(C)c2)c1O. The zero-order valence-corrected chi connectivity index (χ0v) is 11.3. The molecule has 2 aromatic rings. The summed E-state index contributed by atoms with van der Waals surface area (Å²) >= 11 is 0. The first-order chi connectivity index (χ1) is 9.52. The number of nitrogen functional groups attached to an aromatic ring is 1. The normalized spacial score (nSPS) is 10.1. The molecule has 0 unspecified atom stereocenters. The number of para-hydroxylation sites is 1. The summed E-state index contributed by atoms with van der Waals surface area (Å²) in [4.78, 5) is 12.1. The Bertz CT molecular complexity index is 654. The number of anilines is 2. The van der Waals surface area contributed by atoms with E-state index in [9.17, 15) is 9.90 Å². The molecular formula is C15H16N2O3. The Morgan fingerprint density at radius 3 is 2.70 bits per heavy atom. The third-order valence-corrected chi connectivity index (χ3v) is 2.99. The second-order valence-corrected chi connectivity index (χ2v) is 4.38. The number of phenols is 1. The van der Waals surface area contributed by atoms with E-state index < -0.39 is 5.91 Å². The molecule has 2 aromatic carbocycles. The van der Waals surface area contributed by atoms with Gasteiger partial charge in [0.1, 0.15) is 0 Å². The molecule has 0 fully saturated rings. The Morgan fingerprint density at radius 2 is 2.05 bits per heavy atom. The number of carbonyl (C=O) groups excluding carboxylic acids is 1. The average molecular weight is 272 g/mol. The van der Waals surface area contributed by atoms with Crippen molar-refractivity contribution >= 4 is 17.3 Å². The lowest BCUT2D eigenvalue weighted by Gasteiger charge is -2.10. The van der Waals surface area contributed by atoms with Crippen LogP contribution in [0.25, 0.3) is 0 Å². The van der Waals surface area contributed by atoms with E-state index in [1.807, 2.05) is 6.92 Å². The minimum absolute atomic E-state index is 0.152. The lowest BCUT2D eigenvalue weighted by molar-refractivity contribution is 0.102. The number of nitrogens with two attached hydrogens (primary N) is 1. The highest BCUT2D eigenvalue weighted by atomic mass is 16.5. The van der Waals surface area contributed by atoms with Gasteiger partial charge in [-0.25, -0.2) is 0 Å². The molecule has 104 valence electrons. The zero-order chi connectivity index (χ0) is 14.7. The Labute approximate surface area is 117 Å². The van der Waals surface area contributed by atoms with Gasteiger partial charge in [0.15, 0.2) is 11.5 Å². The molecule has 1 amide bonds. The van der Waals surface area contributed by atoms with Crippen LogP contribution in [0.15, 0.2) is 36.4 Å². The maximum Gasteiger partial charge on any atom is 0.259 e. The van der Waals surface area contributed by atoms with Gasteiger partial charge in [0.25, 0.3) is 5.91 Å². The van der Waals surface area contributed by atoms with Gasteiger partial charge < -0.3 is 20.9 Å². The highest BCUT2D eigenvalue weighted by Crippen LogP contribution is 2.30. The van der Waals surface area contributed by atoms with E-state index in [-0.39, 0.29) is 17.1 Å². The maximum atomic E-state index is 12.1. The largest absolute Gasteiger partial charge is 0.504 e. The molecule has 2 rings (SSSR count). The van der Waals surface area contributed by atoms with Crippen LogP contribution in [0.4, 0.5) is 11.4 Å². The number of aryl methyl sites for hydroxylation is 1. The summed E-state index contributed by atoms with van der Waals surface area (Å²) in [5, 5.41) is 12.6. The Balaban J connectivity index is 2.26. The minimum atomic E-state index is -0.412. The molecule has 20 heavy (non-hydrogen) atoms. The number of benzene rings is 2. The van der Waals surface area contributed by atoms with Crippen molar-refractivity contribution in [3.63, 3.8) is 0 Å². The molecular weight excluding hydrogens is 256 g/mol. The van der Waals surface area contributed by atoms with Crippen molar-refractivity contribution in [2.45, 2.75) is 6.92 Å². The average Bonchev–Trinajstić information content (AvgIpc) is 2.43. The molecule has 0 atom stereocenters. The summed E-state index contributed by atoms with van der Waals surface area (Å²) in [7, 11) is 1.43. The lowest BCUT2D eigenvalue weighted by Crippen LogP contribution is -2.12. The summed E-state index contributed by atoms with van der Waals surface area (Å²) in [5.41, 5.74) is 8.02. The fourth-order valence-corrected chi connectivity index (χ4v) is 1.82. The zero-order valence-electron chi connectivity index (χ0n) is 11.3. The summed E-state index contributed by atoms with van der Waals surface area (Å²) in [6.07, 6.45) is 0. The molecule has 0 aliphatic rings. The fraction of sp³-hybridized carbons (Fsp3) is 0.133. The first-order valence-corrected chi connectivity index (χ1v) is 6.06. The molecule has 4 N–H and O–H groups in total. The van der Waals surface area contributed by atoms with Crippen molar-refractivity contribution in [2.24, 2.45) is 0 Å². The van der Waals surface area contributed by atoms with Gasteiger partial charge in [0.05, 0.1) is 12.7 Å². The number of carbonyl (C=O) groups is 1. The van der Waals surface area contributed by atoms with Crippen LogP contribution in [0.2, 0.25) is 0 Å². The number of ether oxygens (including phenoxy) is 1. The van der Waals surface area contributed by atoms with E-state index in [2.05, 4.69) is 5.32 Å². The Kier molecular flexibility index (Phi) is 3.79. The van der Waals surface area contributed by atoms with Crippen molar-refractivity contribution in [3.8, 4) is 11.5 Å². The summed E-state index contributed by atoms with van der Waals surface area (Å²) in [6.45, 7) is 1.86. The third kappa shape index (κ3) is 2.66. The van der Waals surface area contributed by atoms with Crippen molar-refractivity contribution in [3.05, 3.63) is 47.5 Å². The second-order valence-electron chi connectivity index (χ2n) is 4.38. The van der Waals surface area contributed by atoms with Crippen LogP contribution in [0, 0.1) is 6.92 Å². The fourth-order valence-electron chi connectivity index (χ4n) is 1.82. The van der Waals surface area contributed by atoms with E-state index in [1.54, 1.807) is 30.3 Å². The Morgan fingerprint density at radius 1 is 1.30 bits per heavy atom. The van der Waals surface area contributed by atoms with Crippen LogP contribution in [0.1, 0.15) is 15.9 Å². The van der Waals surface area contributed by atoms with Gasteiger partial charge in [-0.05, 0) is 42.8 Å². The van der Waals surface area contributed by atoms with Crippen LogP contribution in [-0.2, 0) is 0 Å². The number of rotatable bonds is 3. The van der Waals surface area contributed by atoms with Crippen LogP contribution < -0.4 is 15.8 Å². The number of hydrogen-bond acceptors (Lipinski definition) is 4. The van der Waals surface area contributed by atoms with Crippen molar-refractivity contribution < 1.29 is 14.6 Å². The highest BCUT2D eigenvalue weighted by molar-refractivity contribution is 6.06.